The Labute approximate surface area is 191 Å². The number of benzene rings is 2. The molecule has 6 nitrogen and oxygen atoms in total. The Morgan fingerprint density at radius 2 is 1.75 bits per heavy atom. The summed E-state index contributed by atoms with van der Waals surface area (Å²) < 4.78 is 13.7. The molecule has 0 spiro atoms. The van der Waals surface area contributed by atoms with E-state index < -0.39 is 29.2 Å². The average Bonchev–Trinajstić information content (AvgIpc) is 2.79. The molecular weight excluding hydrogens is 431 g/mol. The molecule has 0 saturated heterocycles. The van der Waals surface area contributed by atoms with Crippen molar-refractivity contribution in [1.82, 2.24) is 15.3 Å². The SMILES string of the molecule is CCC(C)(C)NC(=O)[C@@H](c1ccc(F)cc1)N(C(=O)c1cnccn1)c1ccc(Cl)cc1. The van der Waals surface area contributed by atoms with Crippen LogP contribution in [0.1, 0.15) is 49.3 Å². The van der Waals surface area contributed by atoms with Gasteiger partial charge in [0.1, 0.15) is 17.6 Å². The van der Waals surface area contributed by atoms with Gasteiger partial charge >= 0.3 is 0 Å². The minimum atomic E-state index is -1.09. The first kappa shape index (κ1) is 23.3. The molecule has 3 rings (SSSR count). The van der Waals surface area contributed by atoms with Gasteiger partial charge in [-0.3, -0.25) is 19.5 Å². The molecule has 0 saturated carbocycles. The highest BCUT2D eigenvalue weighted by molar-refractivity contribution is 6.30. The van der Waals surface area contributed by atoms with Gasteiger partial charge in [0.2, 0.25) is 5.91 Å². The molecule has 166 valence electrons. The number of nitrogens with zero attached hydrogens (tertiary/aromatic N) is 3. The van der Waals surface area contributed by atoms with Crippen molar-refractivity contribution in [2.45, 2.75) is 38.8 Å². The molecule has 1 N–H and O–H groups in total. The van der Waals surface area contributed by atoms with Crippen molar-refractivity contribution in [3.63, 3.8) is 0 Å². The number of nitrogens with one attached hydrogen (secondary N) is 1. The fourth-order valence-electron chi connectivity index (χ4n) is 3.07. The molecule has 8 heteroatoms. The fourth-order valence-corrected chi connectivity index (χ4v) is 3.20. The third-order valence-corrected chi connectivity index (χ3v) is 5.40. The van der Waals surface area contributed by atoms with E-state index in [0.717, 1.165) is 0 Å². The van der Waals surface area contributed by atoms with E-state index in [4.69, 9.17) is 11.6 Å². The van der Waals surface area contributed by atoms with E-state index in [1.54, 1.807) is 24.3 Å². The number of carbonyl (C=O) groups excluding carboxylic acids is 2. The van der Waals surface area contributed by atoms with Crippen LogP contribution < -0.4 is 10.2 Å². The van der Waals surface area contributed by atoms with Crippen molar-refractivity contribution in [1.29, 1.82) is 0 Å². The molecule has 0 fully saturated rings. The van der Waals surface area contributed by atoms with Gasteiger partial charge in [0, 0.05) is 28.6 Å². The van der Waals surface area contributed by atoms with E-state index in [-0.39, 0.29) is 5.69 Å². The summed E-state index contributed by atoms with van der Waals surface area (Å²) in [7, 11) is 0. The first-order chi connectivity index (χ1) is 15.2. The third kappa shape index (κ3) is 5.48. The van der Waals surface area contributed by atoms with E-state index >= 15 is 0 Å². The highest BCUT2D eigenvalue weighted by Gasteiger charge is 2.36. The molecule has 0 bridgehead atoms. The van der Waals surface area contributed by atoms with Gasteiger partial charge in [-0.15, -0.1) is 0 Å². The Morgan fingerprint density at radius 1 is 1.09 bits per heavy atom. The average molecular weight is 455 g/mol. The van der Waals surface area contributed by atoms with Crippen LogP contribution in [-0.2, 0) is 4.79 Å². The summed E-state index contributed by atoms with van der Waals surface area (Å²) in [5.74, 6) is -1.38. The number of amides is 2. The number of hydrogen-bond donors (Lipinski definition) is 1. The van der Waals surface area contributed by atoms with Crippen LogP contribution in [0.5, 0.6) is 0 Å². The zero-order chi connectivity index (χ0) is 23.3. The summed E-state index contributed by atoms with van der Waals surface area (Å²) >= 11 is 6.05. The first-order valence-electron chi connectivity index (χ1n) is 10.1. The van der Waals surface area contributed by atoms with Crippen molar-refractivity contribution < 1.29 is 14.0 Å². The molecule has 32 heavy (non-hydrogen) atoms. The molecule has 0 aliphatic heterocycles. The Kier molecular flexibility index (Phi) is 7.20. The number of aromatic nitrogens is 2. The van der Waals surface area contributed by atoms with Gasteiger partial charge in [0.05, 0.1) is 6.20 Å². The number of rotatable bonds is 7. The molecule has 0 aliphatic carbocycles. The molecular formula is C24H24ClFN4O2. The van der Waals surface area contributed by atoms with Gasteiger partial charge in [0.15, 0.2) is 0 Å². The summed E-state index contributed by atoms with van der Waals surface area (Å²) in [5.41, 5.74) is 0.431. The maximum atomic E-state index is 13.7. The summed E-state index contributed by atoms with van der Waals surface area (Å²) in [6, 6.07) is 11.0. The minimum Gasteiger partial charge on any atom is -0.349 e. The van der Waals surface area contributed by atoms with Gasteiger partial charge in [-0.2, -0.15) is 0 Å². The zero-order valence-electron chi connectivity index (χ0n) is 18.0. The first-order valence-corrected chi connectivity index (χ1v) is 10.5. The van der Waals surface area contributed by atoms with E-state index in [1.165, 1.54) is 47.8 Å². The summed E-state index contributed by atoms with van der Waals surface area (Å²) in [6.45, 7) is 5.74. The van der Waals surface area contributed by atoms with Crippen LogP contribution in [0, 0.1) is 5.82 Å². The highest BCUT2D eigenvalue weighted by atomic mass is 35.5. The van der Waals surface area contributed by atoms with Gasteiger partial charge < -0.3 is 5.32 Å². The summed E-state index contributed by atoms with van der Waals surface area (Å²) in [5, 5.41) is 3.48. The quantitative estimate of drug-likeness (QED) is 0.547. The molecule has 2 aromatic carbocycles. The Balaban J connectivity index is 2.17. The number of hydrogen-bond acceptors (Lipinski definition) is 4. The molecule has 1 heterocycles. The van der Waals surface area contributed by atoms with Gasteiger partial charge in [-0.25, -0.2) is 9.37 Å². The Hall–Kier alpha value is -3.32. The van der Waals surface area contributed by atoms with E-state index in [0.29, 0.717) is 22.7 Å². The second-order valence-corrected chi connectivity index (χ2v) is 8.36. The summed E-state index contributed by atoms with van der Waals surface area (Å²) in [6.07, 6.45) is 4.87. The summed E-state index contributed by atoms with van der Waals surface area (Å²) in [4.78, 5) is 36.6. The van der Waals surface area contributed by atoms with E-state index in [2.05, 4.69) is 15.3 Å². The molecule has 0 aliphatic rings. The molecule has 0 radical (unpaired) electrons. The Morgan fingerprint density at radius 3 is 2.31 bits per heavy atom. The van der Waals surface area contributed by atoms with Gasteiger partial charge in [0.25, 0.3) is 5.91 Å². The van der Waals surface area contributed by atoms with Crippen molar-refractivity contribution in [2.24, 2.45) is 0 Å². The number of halogens is 2. The standard InChI is InChI=1S/C24H24ClFN4O2/c1-4-24(2,3)29-22(31)21(16-5-9-18(26)10-6-16)30(19-11-7-17(25)8-12-19)23(32)20-15-27-13-14-28-20/h5-15,21H,4H2,1-3H3,(H,29,31)/t21-/m1/s1. The molecule has 3 aromatic rings. The van der Waals surface area contributed by atoms with Crippen molar-refractivity contribution in [3.05, 3.63) is 89.2 Å². The lowest BCUT2D eigenvalue weighted by atomic mass is 9.98. The number of carbonyl (C=O) groups is 2. The normalized spacial score (nSPS) is 12.2. The lowest BCUT2D eigenvalue weighted by molar-refractivity contribution is -0.124. The van der Waals surface area contributed by atoms with Crippen LogP contribution in [0.4, 0.5) is 10.1 Å². The maximum absolute atomic E-state index is 13.7. The van der Waals surface area contributed by atoms with Gasteiger partial charge in [-0.05, 0) is 62.2 Å². The van der Waals surface area contributed by atoms with E-state index in [9.17, 15) is 14.0 Å². The van der Waals surface area contributed by atoms with Crippen molar-refractivity contribution in [2.75, 3.05) is 4.90 Å². The topological polar surface area (TPSA) is 75.2 Å². The molecule has 2 amide bonds. The fraction of sp³-hybridized carbons (Fsp3) is 0.250. The molecule has 0 unspecified atom stereocenters. The van der Waals surface area contributed by atoms with Gasteiger partial charge in [-0.1, -0.05) is 30.7 Å². The lowest BCUT2D eigenvalue weighted by Gasteiger charge is -2.34. The monoisotopic (exact) mass is 454 g/mol. The second-order valence-electron chi connectivity index (χ2n) is 7.92. The van der Waals surface area contributed by atoms with Crippen molar-refractivity contribution >= 4 is 29.1 Å². The third-order valence-electron chi connectivity index (χ3n) is 5.14. The predicted molar refractivity (Wildman–Crippen MR) is 122 cm³/mol. The van der Waals surface area contributed by atoms with Crippen LogP contribution in [0.3, 0.4) is 0 Å². The smallest absolute Gasteiger partial charge is 0.279 e. The van der Waals surface area contributed by atoms with Crippen LogP contribution in [0.25, 0.3) is 0 Å². The Bertz CT molecular complexity index is 1070. The minimum absolute atomic E-state index is 0.0668. The molecule has 1 atom stereocenters. The number of anilines is 1. The van der Waals surface area contributed by atoms with Crippen LogP contribution >= 0.6 is 11.6 Å². The van der Waals surface area contributed by atoms with Crippen molar-refractivity contribution in [3.8, 4) is 0 Å². The second kappa shape index (κ2) is 9.87. The van der Waals surface area contributed by atoms with Crippen LogP contribution in [-0.4, -0.2) is 27.3 Å². The van der Waals surface area contributed by atoms with Crippen LogP contribution in [0.15, 0.2) is 67.1 Å². The van der Waals surface area contributed by atoms with Crippen LogP contribution in [0.2, 0.25) is 5.02 Å². The largest absolute Gasteiger partial charge is 0.349 e. The maximum Gasteiger partial charge on any atom is 0.279 e. The highest BCUT2D eigenvalue weighted by Crippen LogP contribution is 2.31. The lowest BCUT2D eigenvalue weighted by Crippen LogP contribution is -2.50. The molecule has 1 aromatic heterocycles. The zero-order valence-corrected chi connectivity index (χ0v) is 18.8. The predicted octanol–water partition coefficient (Wildman–Crippen LogP) is 4.96. The van der Waals surface area contributed by atoms with E-state index in [1.807, 2.05) is 20.8 Å².